The van der Waals surface area contributed by atoms with Crippen molar-refractivity contribution < 1.29 is 9.90 Å². The van der Waals surface area contributed by atoms with Crippen LogP contribution in [0.5, 0.6) is 0 Å². The first-order valence-electron chi connectivity index (χ1n) is 5.01. The van der Waals surface area contributed by atoms with E-state index in [1.54, 1.807) is 0 Å². The van der Waals surface area contributed by atoms with Gasteiger partial charge in [-0.05, 0) is 32.2 Å². The predicted molar refractivity (Wildman–Crippen MR) is 51.7 cm³/mol. The molecule has 13 heavy (non-hydrogen) atoms. The largest absolute Gasteiger partial charge is 0.481 e. The number of carbonyl (C=O) groups is 1. The van der Waals surface area contributed by atoms with Gasteiger partial charge in [-0.1, -0.05) is 6.92 Å². The third kappa shape index (κ3) is 3.35. The van der Waals surface area contributed by atoms with Crippen LogP contribution in [0.2, 0.25) is 0 Å². The van der Waals surface area contributed by atoms with Crippen LogP contribution in [0.3, 0.4) is 0 Å². The Balaban J connectivity index is 2.23. The van der Waals surface area contributed by atoms with E-state index in [2.05, 4.69) is 11.8 Å². The maximum Gasteiger partial charge on any atom is 0.304 e. The molecule has 0 aromatic rings. The summed E-state index contributed by atoms with van der Waals surface area (Å²) in [7, 11) is 2.03. The highest BCUT2D eigenvalue weighted by Gasteiger charge is 2.24. The van der Waals surface area contributed by atoms with Gasteiger partial charge < -0.3 is 10.0 Å². The molecule has 2 atom stereocenters. The van der Waals surface area contributed by atoms with Crippen molar-refractivity contribution in [2.45, 2.75) is 38.6 Å². The van der Waals surface area contributed by atoms with Crippen LogP contribution in [0.15, 0.2) is 0 Å². The molecule has 1 rings (SSSR count). The van der Waals surface area contributed by atoms with Gasteiger partial charge in [-0.25, -0.2) is 0 Å². The molecule has 0 heterocycles. The second-order valence-electron chi connectivity index (χ2n) is 4.20. The first-order chi connectivity index (χ1) is 6.09. The van der Waals surface area contributed by atoms with Gasteiger partial charge >= 0.3 is 5.97 Å². The van der Waals surface area contributed by atoms with Crippen molar-refractivity contribution in [1.29, 1.82) is 0 Å². The lowest BCUT2D eigenvalue weighted by atomic mass is 10.1. The molecule has 1 aliphatic carbocycles. The topological polar surface area (TPSA) is 40.5 Å². The maximum absolute atomic E-state index is 10.4. The molecule has 0 aliphatic heterocycles. The maximum atomic E-state index is 10.4. The Morgan fingerprint density at radius 3 is 2.69 bits per heavy atom. The van der Waals surface area contributed by atoms with Gasteiger partial charge in [0.15, 0.2) is 0 Å². The number of rotatable bonds is 4. The van der Waals surface area contributed by atoms with Crippen LogP contribution in [-0.4, -0.2) is 35.6 Å². The molecule has 0 radical (unpaired) electrons. The van der Waals surface area contributed by atoms with E-state index < -0.39 is 5.97 Å². The fraction of sp³-hybridized carbons (Fsp3) is 0.900. The number of carboxylic acids is 1. The van der Waals surface area contributed by atoms with Crippen molar-refractivity contribution in [3.8, 4) is 0 Å². The normalized spacial score (nSPS) is 28.2. The summed E-state index contributed by atoms with van der Waals surface area (Å²) in [5.74, 6) is 0.121. The van der Waals surface area contributed by atoms with Gasteiger partial charge in [0.2, 0.25) is 0 Å². The van der Waals surface area contributed by atoms with Crippen LogP contribution in [0.4, 0.5) is 0 Å². The van der Waals surface area contributed by atoms with Gasteiger partial charge in [0.25, 0.3) is 0 Å². The third-order valence-electron chi connectivity index (χ3n) is 2.97. The Bertz CT molecular complexity index is 182. The standard InChI is InChI=1S/C10H19NO2/c1-8-3-4-9(7-8)11(2)6-5-10(12)13/h8-9H,3-7H2,1-2H3,(H,12,13). The van der Waals surface area contributed by atoms with Crippen molar-refractivity contribution in [3.63, 3.8) is 0 Å². The van der Waals surface area contributed by atoms with Crippen LogP contribution in [0.1, 0.15) is 32.6 Å². The zero-order valence-corrected chi connectivity index (χ0v) is 8.49. The van der Waals surface area contributed by atoms with Gasteiger partial charge in [0, 0.05) is 12.6 Å². The minimum absolute atomic E-state index is 0.265. The minimum Gasteiger partial charge on any atom is -0.481 e. The molecular weight excluding hydrogens is 166 g/mol. The van der Waals surface area contributed by atoms with E-state index in [1.165, 1.54) is 19.3 Å². The minimum atomic E-state index is -0.696. The molecule has 1 aliphatic rings. The molecule has 0 amide bonds. The molecule has 0 saturated heterocycles. The Hall–Kier alpha value is -0.570. The molecule has 1 saturated carbocycles. The lowest BCUT2D eigenvalue weighted by Gasteiger charge is -2.23. The Morgan fingerprint density at radius 2 is 2.23 bits per heavy atom. The number of carboxylic acid groups (broad SMARTS) is 1. The van der Waals surface area contributed by atoms with Crippen molar-refractivity contribution in [2.75, 3.05) is 13.6 Å². The Morgan fingerprint density at radius 1 is 1.54 bits per heavy atom. The highest BCUT2D eigenvalue weighted by molar-refractivity contribution is 5.66. The molecule has 0 spiro atoms. The molecule has 1 fully saturated rings. The van der Waals surface area contributed by atoms with E-state index in [0.29, 0.717) is 12.6 Å². The molecule has 0 bridgehead atoms. The molecule has 3 heteroatoms. The van der Waals surface area contributed by atoms with E-state index >= 15 is 0 Å². The van der Waals surface area contributed by atoms with Crippen molar-refractivity contribution in [2.24, 2.45) is 5.92 Å². The van der Waals surface area contributed by atoms with Crippen molar-refractivity contribution >= 4 is 5.97 Å². The number of hydrogen-bond donors (Lipinski definition) is 1. The van der Waals surface area contributed by atoms with Gasteiger partial charge in [0.05, 0.1) is 6.42 Å². The van der Waals surface area contributed by atoms with Crippen LogP contribution >= 0.6 is 0 Å². The summed E-state index contributed by atoms with van der Waals surface area (Å²) in [4.78, 5) is 12.5. The van der Waals surface area contributed by atoms with Crippen LogP contribution in [0, 0.1) is 5.92 Å². The summed E-state index contributed by atoms with van der Waals surface area (Å²) >= 11 is 0. The lowest BCUT2D eigenvalue weighted by Crippen LogP contribution is -2.31. The number of hydrogen-bond acceptors (Lipinski definition) is 2. The highest BCUT2D eigenvalue weighted by atomic mass is 16.4. The van der Waals surface area contributed by atoms with Crippen molar-refractivity contribution in [3.05, 3.63) is 0 Å². The average Bonchev–Trinajstić information content (AvgIpc) is 2.47. The molecule has 76 valence electrons. The van der Waals surface area contributed by atoms with Crippen LogP contribution < -0.4 is 0 Å². The second kappa shape index (κ2) is 4.61. The first-order valence-corrected chi connectivity index (χ1v) is 5.01. The summed E-state index contributed by atoms with van der Waals surface area (Å²) < 4.78 is 0. The quantitative estimate of drug-likeness (QED) is 0.723. The molecule has 1 N–H and O–H groups in total. The summed E-state index contributed by atoms with van der Waals surface area (Å²) in [5.41, 5.74) is 0. The average molecular weight is 185 g/mol. The monoisotopic (exact) mass is 185 g/mol. The van der Waals surface area contributed by atoms with Gasteiger partial charge in [-0.15, -0.1) is 0 Å². The number of aliphatic carboxylic acids is 1. The van der Waals surface area contributed by atoms with E-state index in [4.69, 9.17) is 5.11 Å². The van der Waals surface area contributed by atoms with Crippen LogP contribution in [-0.2, 0) is 4.79 Å². The summed E-state index contributed by atoms with van der Waals surface area (Å²) in [6.45, 7) is 2.96. The third-order valence-corrected chi connectivity index (χ3v) is 2.97. The van der Waals surface area contributed by atoms with Crippen LogP contribution in [0.25, 0.3) is 0 Å². The highest BCUT2D eigenvalue weighted by Crippen LogP contribution is 2.27. The zero-order valence-electron chi connectivity index (χ0n) is 8.49. The summed E-state index contributed by atoms with van der Waals surface area (Å²) in [5, 5.41) is 8.53. The summed E-state index contributed by atoms with van der Waals surface area (Å²) in [6.07, 6.45) is 4.02. The van der Waals surface area contributed by atoms with Gasteiger partial charge in [-0.3, -0.25) is 4.79 Å². The molecule has 3 nitrogen and oxygen atoms in total. The molecule has 2 unspecified atom stereocenters. The second-order valence-corrected chi connectivity index (χ2v) is 4.20. The van der Waals surface area contributed by atoms with E-state index in [0.717, 1.165) is 5.92 Å². The first kappa shape index (κ1) is 10.5. The van der Waals surface area contributed by atoms with Gasteiger partial charge in [-0.2, -0.15) is 0 Å². The van der Waals surface area contributed by atoms with E-state index in [-0.39, 0.29) is 6.42 Å². The van der Waals surface area contributed by atoms with Crippen molar-refractivity contribution in [1.82, 2.24) is 4.90 Å². The molecule has 0 aromatic heterocycles. The zero-order chi connectivity index (χ0) is 9.84. The van der Waals surface area contributed by atoms with E-state index in [1.807, 2.05) is 7.05 Å². The fourth-order valence-corrected chi connectivity index (χ4v) is 2.03. The lowest BCUT2D eigenvalue weighted by molar-refractivity contribution is -0.137. The Kier molecular flexibility index (Phi) is 3.72. The smallest absolute Gasteiger partial charge is 0.304 e. The van der Waals surface area contributed by atoms with E-state index in [9.17, 15) is 4.79 Å². The SMILES string of the molecule is CC1CCC(N(C)CCC(=O)O)C1. The molecular formula is C10H19NO2. The summed E-state index contributed by atoms with van der Waals surface area (Å²) in [6, 6.07) is 0.620. The number of nitrogens with zero attached hydrogens (tertiary/aromatic N) is 1. The predicted octanol–water partition coefficient (Wildman–Crippen LogP) is 1.58. The Labute approximate surface area is 79.7 Å². The van der Waals surface area contributed by atoms with Gasteiger partial charge in [0.1, 0.15) is 0 Å². The molecule has 0 aromatic carbocycles. The fourth-order valence-electron chi connectivity index (χ4n) is 2.03.